The third kappa shape index (κ3) is 3.50. The van der Waals surface area contributed by atoms with E-state index in [9.17, 15) is 0 Å². The van der Waals surface area contributed by atoms with Gasteiger partial charge in [0.25, 0.3) is 0 Å². The molecule has 0 aliphatic rings. The summed E-state index contributed by atoms with van der Waals surface area (Å²) in [5.41, 5.74) is 2.71. The van der Waals surface area contributed by atoms with E-state index in [0.717, 1.165) is 19.4 Å². The molecule has 0 heterocycles. The Kier molecular flexibility index (Phi) is 5.86. The van der Waals surface area contributed by atoms with Gasteiger partial charge in [0.15, 0.2) is 0 Å². The lowest BCUT2D eigenvalue weighted by molar-refractivity contribution is 0.520. The SMILES string of the molecule is C#CCCC(NCC)c1cccc(C)c1I. The summed E-state index contributed by atoms with van der Waals surface area (Å²) in [7, 11) is 0. The fraction of sp³-hybridized carbons (Fsp3) is 0.429. The molecule has 0 bridgehead atoms. The molecule has 86 valence electrons. The van der Waals surface area contributed by atoms with E-state index < -0.39 is 0 Å². The van der Waals surface area contributed by atoms with Crippen molar-refractivity contribution >= 4 is 22.6 Å². The molecule has 0 fully saturated rings. The van der Waals surface area contributed by atoms with E-state index >= 15 is 0 Å². The summed E-state index contributed by atoms with van der Waals surface area (Å²) in [6.45, 7) is 5.25. The van der Waals surface area contributed by atoms with Crippen LogP contribution in [0.1, 0.15) is 36.9 Å². The number of nitrogens with one attached hydrogen (secondary N) is 1. The standard InChI is InChI=1S/C14H18IN/c1-4-6-10-13(16-5-2)12-9-7-8-11(3)14(12)15/h1,7-9,13,16H,5-6,10H2,2-3H3. The number of terminal acetylenes is 1. The lowest BCUT2D eigenvalue weighted by Gasteiger charge is -2.19. The molecule has 0 amide bonds. The molecule has 0 spiro atoms. The predicted octanol–water partition coefficient (Wildman–Crippen LogP) is 3.66. The van der Waals surface area contributed by atoms with E-state index in [1.165, 1.54) is 14.7 Å². The van der Waals surface area contributed by atoms with Crippen LogP contribution in [0.2, 0.25) is 0 Å². The van der Waals surface area contributed by atoms with Gasteiger partial charge in [-0.1, -0.05) is 25.1 Å². The van der Waals surface area contributed by atoms with Crippen molar-refractivity contribution in [3.8, 4) is 12.3 Å². The van der Waals surface area contributed by atoms with Crippen LogP contribution < -0.4 is 5.32 Å². The molecule has 0 radical (unpaired) electrons. The highest BCUT2D eigenvalue weighted by Gasteiger charge is 2.13. The first-order valence-electron chi connectivity index (χ1n) is 5.62. The number of rotatable bonds is 5. The first kappa shape index (κ1) is 13.5. The number of aryl methyl sites for hydroxylation is 1. The number of hydrogen-bond donors (Lipinski definition) is 1. The van der Waals surface area contributed by atoms with Crippen LogP contribution >= 0.6 is 22.6 Å². The zero-order valence-electron chi connectivity index (χ0n) is 9.89. The Bertz CT molecular complexity index is 379. The Hall–Kier alpha value is -0.530. The fourth-order valence-electron chi connectivity index (χ4n) is 1.78. The van der Waals surface area contributed by atoms with Gasteiger partial charge >= 0.3 is 0 Å². The van der Waals surface area contributed by atoms with Crippen molar-refractivity contribution in [2.24, 2.45) is 0 Å². The smallest absolute Gasteiger partial charge is 0.0339 e. The molecule has 1 atom stereocenters. The Labute approximate surface area is 112 Å². The lowest BCUT2D eigenvalue weighted by Crippen LogP contribution is -2.21. The summed E-state index contributed by atoms with van der Waals surface area (Å²) in [6.07, 6.45) is 7.16. The van der Waals surface area contributed by atoms with Crippen molar-refractivity contribution in [3.63, 3.8) is 0 Å². The third-order valence-electron chi connectivity index (χ3n) is 2.62. The first-order valence-corrected chi connectivity index (χ1v) is 6.70. The molecule has 0 aromatic heterocycles. The fourth-order valence-corrected chi connectivity index (χ4v) is 2.52. The van der Waals surface area contributed by atoms with Crippen LogP contribution in [0.4, 0.5) is 0 Å². The normalized spacial score (nSPS) is 12.1. The van der Waals surface area contributed by atoms with Crippen LogP contribution in [0, 0.1) is 22.8 Å². The average molecular weight is 327 g/mol. The van der Waals surface area contributed by atoms with Gasteiger partial charge in [-0.3, -0.25) is 0 Å². The van der Waals surface area contributed by atoms with E-state index in [-0.39, 0.29) is 0 Å². The van der Waals surface area contributed by atoms with Gasteiger partial charge in [-0.15, -0.1) is 12.3 Å². The molecule has 1 aromatic rings. The molecule has 1 unspecified atom stereocenters. The summed E-state index contributed by atoms with van der Waals surface area (Å²) in [5, 5.41) is 3.50. The van der Waals surface area contributed by atoms with Gasteiger partial charge in [-0.05, 0) is 53.6 Å². The summed E-state index contributed by atoms with van der Waals surface area (Å²) in [6, 6.07) is 6.84. The maximum atomic E-state index is 5.34. The number of benzene rings is 1. The van der Waals surface area contributed by atoms with Crippen LogP contribution in [-0.4, -0.2) is 6.54 Å². The van der Waals surface area contributed by atoms with Crippen molar-refractivity contribution in [1.82, 2.24) is 5.32 Å². The summed E-state index contributed by atoms with van der Waals surface area (Å²) >= 11 is 2.42. The minimum absolute atomic E-state index is 0.382. The van der Waals surface area contributed by atoms with Gasteiger partial charge in [0.2, 0.25) is 0 Å². The quantitative estimate of drug-likeness (QED) is 0.643. The molecular formula is C14H18IN. The van der Waals surface area contributed by atoms with Crippen molar-refractivity contribution in [2.45, 2.75) is 32.7 Å². The van der Waals surface area contributed by atoms with Crippen LogP contribution in [0.3, 0.4) is 0 Å². The highest BCUT2D eigenvalue weighted by atomic mass is 127. The molecule has 0 aliphatic carbocycles. The topological polar surface area (TPSA) is 12.0 Å². The van der Waals surface area contributed by atoms with Crippen molar-refractivity contribution < 1.29 is 0 Å². The van der Waals surface area contributed by atoms with Crippen LogP contribution in [-0.2, 0) is 0 Å². The largest absolute Gasteiger partial charge is 0.310 e. The van der Waals surface area contributed by atoms with Crippen LogP contribution in [0.15, 0.2) is 18.2 Å². The van der Waals surface area contributed by atoms with Crippen molar-refractivity contribution in [2.75, 3.05) is 6.54 Å². The molecule has 0 aliphatic heterocycles. The molecule has 1 N–H and O–H groups in total. The second-order valence-electron chi connectivity index (χ2n) is 3.83. The van der Waals surface area contributed by atoms with Gasteiger partial charge in [-0.2, -0.15) is 0 Å². The minimum Gasteiger partial charge on any atom is -0.310 e. The van der Waals surface area contributed by atoms with Crippen molar-refractivity contribution in [3.05, 3.63) is 32.9 Å². The maximum Gasteiger partial charge on any atom is 0.0339 e. The molecule has 0 saturated carbocycles. The Morgan fingerprint density at radius 3 is 2.88 bits per heavy atom. The molecule has 16 heavy (non-hydrogen) atoms. The summed E-state index contributed by atoms with van der Waals surface area (Å²) < 4.78 is 1.35. The predicted molar refractivity (Wildman–Crippen MR) is 78.4 cm³/mol. The highest BCUT2D eigenvalue weighted by molar-refractivity contribution is 14.1. The highest BCUT2D eigenvalue weighted by Crippen LogP contribution is 2.25. The van der Waals surface area contributed by atoms with Crippen LogP contribution in [0.25, 0.3) is 0 Å². The molecular weight excluding hydrogens is 309 g/mol. The Morgan fingerprint density at radius 2 is 2.25 bits per heavy atom. The zero-order valence-corrected chi connectivity index (χ0v) is 12.0. The third-order valence-corrected chi connectivity index (χ3v) is 4.10. The lowest BCUT2D eigenvalue weighted by atomic mass is 10.0. The molecule has 1 nitrogen and oxygen atoms in total. The van der Waals surface area contributed by atoms with E-state index in [0.29, 0.717) is 6.04 Å². The maximum absolute atomic E-state index is 5.34. The first-order chi connectivity index (χ1) is 7.70. The second kappa shape index (κ2) is 6.93. The molecule has 1 rings (SSSR count). The zero-order chi connectivity index (χ0) is 12.0. The second-order valence-corrected chi connectivity index (χ2v) is 4.91. The number of halogens is 1. The van der Waals surface area contributed by atoms with Gasteiger partial charge in [0.05, 0.1) is 0 Å². The molecule has 0 saturated heterocycles. The minimum atomic E-state index is 0.382. The van der Waals surface area contributed by atoms with Crippen LogP contribution in [0.5, 0.6) is 0 Å². The Morgan fingerprint density at radius 1 is 1.50 bits per heavy atom. The van der Waals surface area contributed by atoms with E-state index in [2.05, 4.69) is 65.9 Å². The van der Waals surface area contributed by atoms with Crippen molar-refractivity contribution in [1.29, 1.82) is 0 Å². The van der Waals surface area contributed by atoms with E-state index in [4.69, 9.17) is 6.42 Å². The molecule has 2 heteroatoms. The monoisotopic (exact) mass is 327 g/mol. The van der Waals surface area contributed by atoms with E-state index in [1.807, 2.05) is 0 Å². The van der Waals surface area contributed by atoms with Gasteiger partial charge in [0, 0.05) is 16.0 Å². The molecule has 1 aromatic carbocycles. The Balaban J connectivity index is 2.92. The van der Waals surface area contributed by atoms with Gasteiger partial charge < -0.3 is 5.32 Å². The summed E-state index contributed by atoms with van der Waals surface area (Å²) in [4.78, 5) is 0. The summed E-state index contributed by atoms with van der Waals surface area (Å²) in [5.74, 6) is 2.72. The van der Waals surface area contributed by atoms with Gasteiger partial charge in [-0.25, -0.2) is 0 Å². The number of hydrogen-bond acceptors (Lipinski definition) is 1. The van der Waals surface area contributed by atoms with E-state index in [1.54, 1.807) is 0 Å². The average Bonchev–Trinajstić information content (AvgIpc) is 2.28. The van der Waals surface area contributed by atoms with Gasteiger partial charge in [0.1, 0.15) is 0 Å².